The molecule has 0 unspecified atom stereocenters. The van der Waals surface area contributed by atoms with E-state index < -0.39 is 0 Å². The molecule has 1 aromatic carbocycles. The highest BCUT2D eigenvalue weighted by atomic mass is 32.1. The Balaban J connectivity index is 1.85. The van der Waals surface area contributed by atoms with Crippen LogP contribution in [0.4, 0.5) is 0 Å². The Bertz CT molecular complexity index is 740. The zero-order valence-electron chi connectivity index (χ0n) is 13.0. The monoisotopic (exact) mass is 312 g/mol. The molecule has 1 aliphatic rings. The maximum Gasteiger partial charge on any atom is 0.203 e. The van der Waals surface area contributed by atoms with Crippen LogP contribution in [0.3, 0.4) is 0 Å². The summed E-state index contributed by atoms with van der Waals surface area (Å²) in [6.45, 7) is 2.33. The minimum Gasteiger partial charge on any atom is -0.254 e. The number of nitrogens with zero attached hydrogens (tertiary/aromatic N) is 4. The van der Waals surface area contributed by atoms with Crippen molar-refractivity contribution in [3.05, 3.63) is 34.6 Å². The van der Waals surface area contributed by atoms with Gasteiger partial charge in [-0.05, 0) is 43.7 Å². The average Bonchev–Trinajstić information content (AvgIpc) is 2.91. The lowest BCUT2D eigenvalue weighted by Gasteiger charge is -2.22. The van der Waals surface area contributed by atoms with Gasteiger partial charge in [-0.3, -0.25) is 4.99 Å². The summed E-state index contributed by atoms with van der Waals surface area (Å²) in [5, 5.41) is 14.4. The van der Waals surface area contributed by atoms with Gasteiger partial charge in [-0.25, -0.2) is 4.68 Å². The number of hydrogen-bond acceptors (Lipinski definition) is 4. The molecule has 0 bridgehead atoms. The molecule has 1 aromatic heterocycles. The summed E-state index contributed by atoms with van der Waals surface area (Å²) in [7, 11) is 1.95. The van der Waals surface area contributed by atoms with Crippen LogP contribution in [-0.4, -0.2) is 15.8 Å². The lowest BCUT2D eigenvalue weighted by Crippen LogP contribution is -2.21. The van der Waals surface area contributed by atoms with Crippen molar-refractivity contribution < 1.29 is 0 Å². The Hall–Kier alpha value is -1.93. The Morgan fingerprint density at radius 1 is 1.23 bits per heavy atom. The van der Waals surface area contributed by atoms with Gasteiger partial charge in [-0.2, -0.15) is 10.4 Å². The first-order chi connectivity index (χ1) is 10.7. The summed E-state index contributed by atoms with van der Waals surface area (Å²) in [6, 6.07) is 10.1. The van der Waals surface area contributed by atoms with Crippen LogP contribution in [0.25, 0.3) is 10.6 Å². The number of aryl methyl sites for hydroxylation is 1. The van der Waals surface area contributed by atoms with Gasteiger partial charge in [0.2, 0.25) is 4.80 Å². The second kappa shape index (κ2) is 6.45. The van der Waals surface area contributed by atoms with Crippen LogP contribution in [0.15, 0.2) is 29.3 Å². The van der Waals surface area contributed by atoms with Gasteiger partial charge >= 0.3 is 0 Å². The zero-order chi connectivity index (χ0) is 15.5. The highest BCUT2D eigenvalue weighted by molar-refractivity contribution is 7.12. The summed E-state index contributed by atoms with van der Waals surface area (Å²) in [5.74, 6) is 0.843. The summed E-state index contributed by atoms with van der Waals surface area (Å²) in [5.41, 5.74) is 1.71. The summed E-state index contributed by atoms with van der Waals surface area (Å²) in [4.78, 5) is 5.88. The quantitative estimate of drug-likeness (QED) is 0.852. The van der Waals surface area contributed by atoms with Crippen LogP contribution in [0.1, 0.15) is 38.2 Å². The van der Waals surface area contributed by atoms with E-state index in [0.29, 0.717) is 11.6 Å². The average molecular weight is 312 g/mol. The molecular weight excluding hydrogens is 292 g/mol. The number of nitriles is 1. The molecule has 2 aromatic rings. The van der Waals surface area contributed by atoms with E-state index in [4.69, 9.17) is 10.3 Å². The van der Waals surface area contributed by atoms with E-state index in [-0.39, 0.29) is 0 Å². The number of aromatic nitrogens is 2. The van der Waals surface area contributed by atoms with Gasteiger partial charge in [0.05, 0.1) is 17.7 Å². The first-order valence-electron chi connectivity index (χ1n) is 7.74. The normalized spacial score (nSPS) is 22.5. The van der Waals surface area contributed by atoms with Gasteiger partial charge in [0.1, 0.15) is 5.01 Å². The van der Waals surface area contributed by atoms with E-state index in [0.717, 1.165) is 21.3 Å². The number of benzene rings is 1. The smallest absolute Gasteiger partial charge is 0.203 e. The summed E-state index contributed by atoms with van der Waals surface area (Å²) in [6.07, 6.45) is 4.93. The van der Waals surface area contributed by atoms with E-state index in [9.17, 15) is 0 Å². The standard InChI is InChI=1S/C17H20N4S/c1-12-3-9-15(10-4-12)19-17-21(2)20-16(22-17)14-7-5-13(11-18)6-8-14/h5-8,12,15H,3-4,9-10H2,1-2H3/b19-17+. The number of hydrogen-bond donors (Lipinski definition) is 0. The predicted molar refractivity (Wildman–Crippen MR) is 88.2 cm³/mol. The molecular formula is C17H20N4S. The molecule has 114 valence electrons. The van der Waals surface area contributed by atoms with Crippen LogP contribution >= 0.6 is 11.3 Å². The molecule has 22 heavy (non-hydrogen) atoms. The Morgan fingerprint density at radius 3 is 2.55 bits per heavy atom. The second-order valence-electron chi connectivity index (χ2n) is 6.05. The van der Waals surface area contributed by atoms with Crippen molar-refractivity contribution in [1.29, 1.82) is 5.26 Å². The number of rotatable bonds is 2. The minimum atomic E-state index is 0.441. The fourth-order valence-electron chi connectivity index (χ4n) is 2.79. The van der Waals surface area contributed by atoms with Crippen molar-refractivity contribution in [3.63, 3.8) is 0 Å². The Labute approximate surface area is 134 Å². The van der Waals surface area contributed by atoms with Crippen LogP contribution in [0.2, 0.25) is 0 Å². The topological polar surface area (TPSA) is 54.0 Å². The maximum absolute atomic E-state index is 8.87. The molecule has 0 saturated heterocycles. The third kappa shape index (κ3) is 3.28. The van der Waals surface area contributed by atoms with Crippen LogP contribution in [0, 0.1) is 17.2 Å². The van der Waals surface area contributed by atoms with Gasteiger partial charge in [0.25, 0.3) is 0 Å². The molecule has 1 saturated carbocycles. The maximum atomic E-state index is 8.87. The van der Waals surface area contributed by atoms with Crippen LogP contribution in [0.5, 0.6) is 0 Å². The van der Waals surface area contributed by atoms with Gasteiger partial charge in [-0.15, -0.1) is 0 Å². The fraction of sp³-hybridized carbons (Fsp3) is 0.471. The van der Waals surface area contributed by atoms with Gasteiger partial charge in [0, 0.05) is 12.6 Å². The van der Waals surface area contributed by atoms with E-state index in [1.807, 2.05) is 36.0 Å². The lowest BCUT2D eigenvalue weighted by atomic mass is 9.88. The van der Waals surface area contributed by atoms with Crippen LogP contribution < -0.4 is 4.80 Å². The van der Waals surface area contributed by atoms with Crippen molar-refractivity contribution >= 4 is 11.3 Å². The Morgan fingerprint density at radius 2 is 1.91 bits per heavy atom. The first-order valence-corrected chi connectivity index (χ1v) is 8.56. The Kier molecular flexibility index (Phi) is 4.39. The van der Waals surface area contributed by atoms with Crippen molar-refractivity contribution in [2.45, 2.75) is 38.6 Å². The first kappa shape index (κ1) is 15.0. The SMILES string of the molecule is CC1CCC(/N=c2/sc(-c3ccc(C#N)cc3)nn2C)CC1. The lowest BCUT2D eigenvalue weighted by molar-refractivity contribution is 0.344. The van der Waals surface area contributed by atoms with E-state index in [1.54, 1.807) is 11.3 Å². The van der Waals surface area contributed by atoms with E-state index in [1.165, 1.54) is 25.7 Å². The third-order valence-corrected chi connectivity index (χ3v) is 5.31. The molecule has 1 heterocycles. The molecule has 0 aliphatic heterocycles. The molecule has 3 rings (SSSR count). The highest BCUT2D eigenvalue weighted by Crippen LogP contribution is 2.25. The summed E-state index contributed by atoms with van der Waals surface area (Å²) < 4.78 is 1.87. The van der Waals surface area contributed by atoms with E-state index in [2.05, 4.69) is 18.1 Å². The van der Waals surface area contributed by atoms with Gasteiger partial charge in [-0.1, -0.05) is 30.4 Å². The third-order valence-electron chi connectivity index (χ3n) is 4.24. The molecule has 5 heteroatoms. The highest BCUT2D eigenvalue weighted by Gasteiger charge is 2.17. The molecule has 0 amide bonds. The van der Waals surface area contributed by atoms with Crippen LogP contribution in [-0.2, 0) is 7.05 Å². The van der Waals surface area contributed by atoms with Gasteiger partial charge in [0.15, 0.2) is 0 Å². The van der Waals surface area contributed by atoms with Gasteiger partial charge < -0.3 is 0 Å². The molecule has 0 atom stereocenters. The zero-order valence-corrected chi connectivity index (χ0v) is 13.8. The summed E-state index contributed by atoms with van der Waals surface area (Å²) >= 11 is 1.62. The molecule has 4 nitrogen and oxygen atoms in total. The minimum absolute atomic E-state index is 0.441. The largest absolute Gasteiger partial charge is 0.254 e. The van der Waals surface area contributed by atoms with Crippen molar-refractivity contribution in [2.75, 3.05) is 0 Å². The second-order valence-corrected chi connectivity index (χ2v) is 7.00. The van der Waals surface area contributed by atoms with Crippen molar-refractivity contribution in [2.24, 2.45) is 18.0 Å². The van der Waals surface area contributed by atoms with Crippen molar-refractivity contribution in [3.8, 4) is 16.6 Å². The molecule has 0 spiro atoms. The fourth-order valence-corrected chi connectivity index (χ4v) is 3.76. The molecule has 1 aliphatic carbocycles. The van der Waals surface area contributed by atoms with E-state index >= 15 is 0 Å². The molecule has 1 fully saturated rings. The molecule has 0 radical (unpaired) electrons. The predicted octanol–water partition coefficient (Wildman–Crippen LogP) is 3.50. The van der Waals surface area contributed by atoms with Crippen molar-refractivity contribution in [1.82, 2.24) is 9.78 Å². The molecule has 0 N–H and O–H groups in total.